The first-order chi connectivity index (χ1) is 8.61. The molecule has 2 rings (SSSR count). The van der Waals surface area contributed by atoms with Crippen molar-refractivity contribution < 1.29 is 19.4 Å². The van der Waals surface area contributed by atoms with Crippen molar-refractivity contribution in [2.24, 2.45) is 0 Å². The summed E-state index contributed by atoms with van der Waals surface area (Å²) in [5.41, 5.74) is 0.474. The average Bonchev–Trinajstić information content (AvgIpc) is 2.74. The van der Waals surface area contributed by atoms with Crippen molar-refractivity contribution in [3.05, 3.63) is 15.6 Å². The van der Waals surface area contributed by atoms with Crippen molar-refractivity contribution in [3.8, 4) is 0 Å². The van der Waals surface area contributed by atoms with Gasteiger partial charge in [-0.15, -0.1) is 11.3 Å². The molecule has 1 aliphatic rings. The smallest absolute Gasteiger partial charge is 0.347 e. The lowest BCUT2D eigenvalue weighted by atomic mass is 10.3. The van der Waals surface area contributed by atoms with E-state index in [1.807, 2.05) is 7.05 Å². The molecule has 0 aliphatic carbocycles. The van der Waals surface area contributed by atoms with E-state index in [0.29, 0.717) is 17.3 Å². The number of likely N-dealkylation sites (N-methyl/N-ethyl adjacent to an activating group) is 1. The molecule has 2 heterocycles. The fourth-order valence-corrected chi connectivity index (χ4v) is 2.79. The molecule has 1 aromatic rings. The summed E-state index contributed by atoms with van der Waals surface area (Å²) in [6, 6.07) is 0. The maximum atomic E-state index is 11.1. The third kappa shape index (κ3) is 2.86. The summed E-state index contributed by atoms with van der Waals surface area (Å²) in [4.78, 5) is 17.8. The predicted molar refractivity (Wildman–Crippen MR) is 66.0 cm³/mol. The zero-order valence-electron chi connectivity index (χ0n) is 10.4. The lowest BCUT2D eigenvalue weighted by molar-refractivity contribution is -0.0211. The summed E-state index contributed by atoms with van der Waals surface area (Å²) in [5, 5.41) is 9.83. The molecule has 0 aromatic carbocycles. The van der Waals surface area contributed by atoms with Crippen molar-refractivity contribution in [1.29, 1.82) is 0 Å². The van der Waals surface area contributed by atoms with Crippen molar-refractivity contribution in [2.75, 3.05) is 33.9 Å². The van der Waals surface area contributed by atoms with E-state index in [4.69, 9.17) is 14.6 Å². The van der Waals surface area contributed by atoms with Crippen LogP contribution in [0, 0.1) is 0 Å². The van der Waals surface area contributed by atoms with Gasteiger partial charge in [0, 0.05) is 20.2 Å². The number of rotatable bonds is 4. The summed E-state index contributed by atoms with van der Waals surface area (Å²) in [6.45, 7) is 2.47. The number of hydrogen-bond donors (Lipinski definition) is 1. The zero-order chi connectivity index (χ0) is 13.1. The first-order valence-corrected chi connectivity index (χ1v) is 6.45. The molecule has 1 atom stereocenters. The number of ether oxygens (including phenoxy) is 2. The normalized spacial score (nSPS) is 21.1. The Morgan fingerprint density at radius 3 is 3.11 bits per heavy atom. The van der Waals surface area contributed by atoms with Gasteiger partial charge in [-0.1, -0.05) is 0 Å². The molecule has 0 spiro atoms. The topological polar surface area (TPSA) is 71.9 Å². The number of morpholine rings is 1. The summed E-state index contributed by atoms with van der Waals surface area (Å²) < 4.78 is 10.6. The number of aromatic nitrogens is 1. The average molecular weight is 272 g/mol. The molecule has 0 saturated carbocycles. The minimum atomic E-state index is -0.963. The molecule has 0 bridgehead atoms. The predicted octanol–water partition coefficient (Wildman–Crippen LogP) is 0.991. The van der Waals surface area contributed by atoms with Crippen molar-refractivity contribution in [3.63, 3.8) is 0 Å². The van der Waals surface area contributed by atoms with E-state index in [1.165, 1.54) is 18.4 Å². The second-order valence-electron chi connectivity index (χ2n) is 4.19. The highest BCUT2D eigenvalue weighted by molar-refractivity contribution is 7.13. The first-order valence-electron chi connectivity index (χ1n) is 5.63. The molecular weight excluding hydrogens is 256 g/mol. The standard InChI is InChI=1S/C11H16N2O4S/c1-13-3-4-17-8(5-13)10-12-7(6-16-2)9(18-10)11(14)15/h8H,3-6H2,1-2H3,(H,14,15). The fraction of sp³-hybridized carbons (Fsp3) is 0.636. The second-order valence-corrected chi connectivity index (χ2v) is 5.22. The van der Waals surface area contributed by atoms with Gasteiger partial charge >= 0.3 is 5.97 Å². The quantitative estimate of drug-likeness (QED) is 0.881. The molecule has 100 valence electrons. The van der Waals surface area contributed by atoms with E-state index in [2.05, 4.69) is 9.88 Å². The Balaban J connectivity index is 2.22. The molecule has 6 nitrogen and oxygen atoms in total. The van der Waals surface area contributed by atoms with Gasteiger partial charge in [-0.05, 0) is 7.05 Å². The van der Waals surface area contributed by atoms with Crippen molar-refractivity contribution >= 4 is 17.3 Å². The molecule has 1 fully saturated rings. The zero-order valence-corrected chi connectivity index (χ0v) is 11.2. The van der Waals surface area contributed by atoms with E-state index in [-0.39, 0.29) is 17.6 Å². The van der Waals surface area contributed by atoms with E-state index < -0.39 is 5.97 Å². The van der Waals surface area contributed by atoms with Crippen LogP contribution in [0.25, 0.3) is 0 Å². The molecule has 0 amide bonds. The minimum absolute atomic E-state index is 0.141. The molecule has 7 heteroatoms. The Kier molecular flexibility index (Phi) is 4.28. The highest BCUT2D eigenvalue weighted by Crippen LogP contribution is 2.28. The highest BCUT2D eigenvalue weighted by atomic mass is 32.1. The number of carbonyl (C=O) groups is 1. The van der Waals surface area contributed by atoms with Crippen LogP contribution < -0.4 is 0 Å². The van der Waals surface area contributed by atoms with Crippen LogP contribution in [-0.2, 0) is 16.1 Å². The third-order valence-corrected chi connectivity index (χ3v) is 3.91. The summed E-state index contributed by atoms with van der Waals surface area (Å²) in [5.74, 6) is -0.963. The summed E-state index contributed by atoms with van der Waals surface area (Å²) in [7, 11) is 3.53. The van der Waals surface area contributed by atoms with Gasteiger partial charge in [0.1, 0.15) is 16.0 Å². The molecule has 1 aromatic heterocycles. The molecular formula is C11H16N2O4S. The molecule has 1 saturated heterocycles. The molecule has 1 unspecified atom stereocenters. The van der Waals surface area contributed by atoms with E-state index in [1.54, 1.807) is 0 Å². The number of hydrogen-bond acceptors (Lipinski definition) is 6. The monoisotopic (exact) mass is 272 g/mol. The maximum absolute atomic E-state index is 11.1. The lowest BCUT2D eigenvalue weighted by Gasteiger charge is -2.28. The number of thiazole rings is 1. The molecule has 1 N–H and O–H groups in total. The van der Waals surface area contributed by atoms with Gasteiger partial charge in [-0.3, -0.25) is 0 Å². The molecule has 18 heavy (non-hydrogen) atoms. The van der Waals surface area contributed by atoms with Gasteiger partial charge in [0.15, 0.2) is 0 Å². The van der Waals surface area contributed by atoms with Crippen LogP contribution in [0.5, 0.6) is 0 Å². The van der Waals surface area contributed by atoms with E-state index >= 15 is 0 Å². The van der Waals surface area contributed by atoms with Crippen LogP contribution in [0.2, 0.25) is 0 Å². The number of methoxy groups -OCH3 is 1. The van der Waals surface area contributed by atoms with Gasteiger partial charge in [0.05, 0.1) is 18.9 Å². The molecule has 0 radical (unpaired) electrons. The molecule has 1 aliphatic heterocycles. The highest BCUT2D eigenvalue weighted by Gasteiger charge is 2.26. The Labute approximate surface area is 109 Å². The summed E-state index contributed by atoms with van der Waals surface area (Å²) >= 11 is 1.17. The van der Waals surface area contributed by atoms with Gasteiger partial charge < -0.3 is 19.5 Å². The maximum Gasteiger partial charge on any atom is 0.347 e. The SMILES string of the molecule is COCc1nc(C2CN(C)CCO2)sc1C(=O)O. The number of carboxylic acids is 1. The van der Waals surface area contributed by atoms with Gasteiger partial charge in [0.2, 0.25) is 0 Å². The second kappa shape index (κ2) is 5.75. The van der Waals surface area contributed by atoms with Crippen LogP contribution >= 0.6 is 11.3 Å². The van der Waals surface area contributed by atoms with E-state index in [9.17, 15) is 4.79 Å². The van der Waals surface area contributed by atoms with Gasteiger partial charge in [-0.2, -0.15) is 0 Å². The van der Waals surface area contributed by atoms with Crippen LogP contribution in [0.4, 0.5) is 0 Å². The minimum Gasteiger partial charge on any atom is -0.477 e. The first kappa shape index (κ1) is 13.4. The Bertz CT molecular complexity index is 435. The van der Waals surface area contributed by atoms with Gasteiger partial charge in [-0.25, -0.2) is 9.78 Å². The Morgan fingerprint density at radius 1 is 1.72 bits per heavy atom. The number of nitrogens with zero attached hydrogens (tertiary/aromatic N) is 2. The van der Waals surface area contributed by atoms with E-state index in [0.717, 1.165) is 13.1 Å². The van der Waals surface area contributed by atoms with Crippen molar-refractivity contribution in [1.82, 2.24) is 9.88 Å². The number of carboxylic acid groups (broad SMARTS) is 1. The largest absolute Gasteiger partial charge is 0.477 e. The van der Waals surface area contributed by atoms with Crippen LogP contribution in [0.15, 0.2) is 0 Å². The van der Waals surface area contributed by atoms with Gasteiger partial charge in [0.25, 0.3) is 0 Å². The third-order valence-electron chi connectivity index (χ3n) is 2.73. The Hall–Kier alpha value is -1.02. The Morgan fingerprint density at radius 2 is 2.50 bits per heavy atom. The van der Waals surface area contributed by atoms with Crippen LogP contribution in [-0.4, -0.2) is 54.8 Å². The fourth-order valence-electron chi connectivity index (χ4n) is 1.84. The lowest BCUT2D eigenvalue weighted by Crippen LogP contribution is -2.35. The van der Waals surface area contributed by atoms with Crippen molar-refractivity contribution in [2.45, 2.75) is 12.7 Å². The summed E-state index contributed by atoms with van der Waals surface area (Å²) in [6.07, 6.45) is -0.141. The van der Waals surface area contributed by atoms with Crippen LogP contribution in [0.3, 0.4) is 0 Å². The van der Waals surface area contributed by atoms with Crippen LogP contribution in [0.1, 0.15) is 26.5 Å². The number of aromatic carboxylic acids is 1.